The zero-order valence-corrected chi connectivity index (χ0v) is 11.4. The molecular weight excluding hydrogens is 250 g/mol. The van der Waals surface area contributed by atoms with E-state index in [1.54, 1.807) is 26.0 Å². The number of benzene rings is 1. The zero-order chi connectivity index (χ0) is 13.0. The molecule has 0 saturated carbocycles. The van der Waals surface area contributed by atoms with Gasteiger partial charge in [0, 0.05) is 19.2 Å². The van der Waals surface area contributed by atoms with Crippen LogP contribution in [-0.4, -0.2) is 43.9 Å². The maximum atomic E-state index is 11.9. The van der Waals surface area contributed by atoms with Crippen molar-refractivity contribution in [2.45, 2.75) is 5.37 Å². The van der Waals surface area contributed by atoms with E-state index in [0.717, 1.165) is 11.3 Å². The molecule has 0 bridgehead atoms. The first kappa shape index (κ1) is 13.2. The SMILES string of the molecule is COCCN1C(=O)CSC1c1ccccc1OC. The molecule has 0 aliphatic carbocycles. The molecule has 1 amide bonds. The summed E-state index contributed by atoms with van der Waals surface area (Å²) < 4.78 is 10.4. The van der Waals surface area contributed by atoms with Crippen LogP contribution in [-0.2, 0) is 9.53 Å². The normalized spacial score (nSPS) is 19.3. The minimum absolute atomic E-state index is 0.0313. The van der Waals surface area contributed by atoms with E-state index in [-0.39, 0.29) is 11.3 Å². The standard InChI is InChI=1S/C13H17NO3S/c1-16-8-7-14-12(15)9-18-13(14)10-5-3-4-6-11(10)17-2/h3-6,13H,7-9H2,1-2H3. The summed E-state index contributed by atoms with van der Waals surface area (Å²) >= 11 is 1.63. The van der Waals surface area contributed by atoms with Crippen LogP contribution in [0.25, 0.3) is 0 Å². The number of carbonyl (C=O) groups excluding carboxylic acids is 1. The molecule has 0 spiro atoms. The van der Waals surface area contributed by atoms with Gasteiger partial charge in [0.2, 0.25) is 5.91 Å². The maximum absolute atomic E-state index is 11.9. The van der Waals surface area contributed by atoms with Gasteiger partial charge in [0.25, 0.3) is 0 Å². The Bertz CT molecular complexity index is 424. The Morgan fingerprint density at radius 3 is 2.89 bits per heavy atom. The largest absolute Gasteiger partial charge is 0.496 e. The van der Waals surface area contributed by atoms with Crippen LogP contribution in [0.4, 0.5) is 0 Å². The predicted molar refractivity (Wildman–Crippen MR) is 71.8 cm³/mol. The molecule has 5 heteroatoms. The summed E-state index contributed by atoms with van der Waals surface area (Å²) in [6, 6.07) is 7.83. The number of rotatable bonds is 5. The van der Waals surface area contributed by atoms with Crippen LogP contribution < -0.4 is 4.74 Å². The quantitative estimate of drug-likeness (QED) is 0.817. The van der Waals surface area contributed by atoms with Gasteiger partial charge in [-0.05, 0) is 6.07 Å². The Morgan fingerprint density at radius 1 is 1.39 bits per heavy atom. The maximum Gasteiger partial charge on any atom is 0.233 e. The van der Waals surface area contributed by atoms with E-state index >= 15 is 0 Å². The second-order valence-corrected chi connectivity index (χ2v) is 5.05. The van der Waals surface area contributed by atoms with Crippen molar-refractivity contribution in [3.05, 3.63) is 29.8 Å². The van der Waals surface area contributed by atoms with Gasteiger partial charge in [-0.1, -0.05) is 18.2 Å². The Balaban J connectivity index is 2.22. The monoisotopic (exact) mass is 267 g/mol. The molecule has 1 aromatic rings. The van der Waals surface area contributed by atoms with Crippen molar-refractivity contribution < 1.29 is 14.3 Å². The van der Waals surface area contributed by atoms with Crippen molar-refractivity contribution in [1.29, 1.82) is 0 Å². The van der Waals surface area contributed by atoms with Crippen LogP contribution in [0.15, 0.2) is 24.3 Å². The van der Waals surface area contributed by atoms with E-state index in [2.05, 4.69) is 0 Å². The van der Waals surface area contributed by atoms with E-state index in [4.69, 9.17) is 9.47 Å². The van der Waals surface area contributed by atoms with Crippen molar-refractivity contribution in [3.63, 3.8) is 0 Å². The van der Waals surface area contributed by atoms with E-state index in [1.165, 1.54) is 0 Å². The number of hydrogen-bond donors (Lipinski definition) is 0. The Hall–Kier alpha value is -1.20. The first-order chi connectivity index (χ1) is 8.77. The van der Waals surface area contributed by atoms with Crippen molar-refractivity contribution in [3.8, 4) is 5.75 Å². The van der Waals surface area contributed by atoms with Crippen molar-refractivity contribution in [2.75, 3.05) is 33.1 Å². The van der Waals surface area contributed by atoms with Crippen LogP contribution in [0.2, 0.25) is 0 Å². The fourth-order valence-corrected chi connectivity index (χ4v) is 3.26. The van der Waals surface area contributed by atoms with Gasteiger partial charge in [0.15, 0.2) is 0 Å². The Labute approximate surface area is 111 Å². The number of para-hydroxylation sites is 1. The Kier molecular flexibility index (Phi) is 4.49. The highest BCUT2D eigenvalue weighted by atomic mass is 32.2. The van der Waals surface area contributed by atoms with Gasteiger partial charge in [0.1, 0.15) is 11.1 Å². The third-order valence-corrected chi connectivity index (χ3v) is 4.15. The van der Waals surface area contributed by atoms with Gasteiger partial charge in [-0.25, -0.2) is 0 Å². The molecule has 0 N–H and O–H groups in total. The minimum atomic E-state index is 0.0313. The molecule has 4 nitrogen and oxygen atoms in total. The van der Waals surface area contributed by atoms with Crippen LogP contribution in [0.5, 0.6) is 5.75 Å². The number of nitrogens with zero attached hydrogens (tertiary/aromatic N) is 1. The summed E-state index contributed by atoms with van der Waals surface area (Å²) in [6.07, 6.45) is 0. The van der Waals surface area contributed by atoms with Gasteiger partial charge < -0.3 is 14.4 Å². The third-order valence-electron chi connectivity index (χ3n) is 2.91. The number of ether oxygens (including phenoxy) is 2. The highest BCUT2D eigenvalue weighted by Crippen LogP contribution is 2.41. The van der Waals surface area contributed by atoms with Gasteiger partial charge in [-0.2, -0.15) is 0 Å². The number of thioether (sulfide) groups is 1. The molecule has 2 rings (SSSR count). The zero-order valence-electron chi connectivity index (χ0n) is 10.6. The number of hydrogen-bond acceptors (Lipinski definition) is 4. The molecule has 1 aliphatic rings. The third kappa shape index (κ3) is 2.62. The van der Waals surface area contributed by atoms with Crippen LogP contribution in [0.3, 0.4) is 0 Å². The van der Waals surface area contributed by atoms with E-state index in [9.17, 15) is 4.79 Å². The second kappa shape index (κ2) is 6.11. The molecule has 1 atom stereocenters. The number of amides is 1. The molecule has 1 heterocycles. The summed E-state index contributed by atoms with van der Waals surface area (Å²) in [5.41, 5.74) is 1.05. The lowest BCUT2D eigenvalue weighted by Crippen LogP contribution is -2.31. The number of methoxy groups -OCH3 is 2. The first-order valence-electron chi connectivity index (χ1n) is 5.81. The fourth-order valence-electron chi connectivity index (χ4n) is 2.01. The summed E-state index contributed by atoms with van der Waals surface area (Å²) in [5.74, 6) is 1.51. The van der Waals surface area contributed by atoms with Crippen LogP contribution in [0.1, 0.15) is 10.9 Å². The summed E-state index contributed by atoms with van der Waals surface area (Å²) in [4.78, 5) is 13.7. The van der Waals surface area contributed by atoms with Crippen molar-refractivity contribution in [2.24, 2.45) is 0 Å². The summed E-state index contributed by atoms with van der Waals surface area (Å²) in [5, 5.41) is 0.0313. The highest BCUT2D eigenvalue weighted by Gasteiger charge is 2.33. The lowest BCUT2D eigenvalue weighted by Gasteiger charge is -2.25. The highest BCUT2D eigenvalue weighted by molar-refractivity contribution is 8.00. The lowest BCUT2D eigenvalue weighted by atomic mass is 10.2. The van der Waals surface area contributed by atoms with Crippen LogP contribution >= 0.6 is 11.8 Å². The van der Waals surface area contributed by atoms with Gasteiger partial charge in [-0.3, -0.25) is 4.79 Å². The van der Waals surface area contributed by atoms with Gasteiger partial charge in [-0.15, -0.1) is 11.8 Å². The van der Waals surface area contributed by atoms with E-state index in [1.807, 2.05) is 29.2 Å². The smallest absolute Gasteiger partial charge is 0.233 e. The summed E-state index contributed by atoms with van der Waals surface area (Å²) in [6.45, 7) is 1.17. The average Bonchev–Trinajstić information content (AvgIpc) is 2.77. The minimum Gasteiger partial charge on any atom is -0.496 e. The molecule has 0 aromatic heterocycles. The molecule has 98 valence electrons. The average molecular weight is 267 g/mol. The van der Waals surface area contributed by atoms with E-state index in [0.29, 0.717) is 18.9 Å². The van der Waals surface area contributed by atoms with Crippen molar-refractivity contribution in [1.82, 2.24) is 4.90 Å². The molecular formula is C13H17NO3S. The van der Waals surface area contributed by atoms with Crippen molar-refractivity contribution >= 4 is 17.7 Å². The summed E-state index contributed by atoms with van der Waals surface area (Å²) in [7, 11) is 3.30. The molecule has 1 fully saturated rings. The van der Waals surface area contributed by atoms with Gasteiger partial charge in [0.05, 0.1) is 19.5 Å². The fraction of sp³-hybridized carbons (Fsp3) is 0.462. The topological polar surface area (TPSA) is 38.8 Å². The number of carbonyl (C=O) groups is 1. The predicted octanol–water partition coefficient (Wildman–Crippen LogP) is 1.92. The molecule has 1 saturated heterocycles. The Morgan fingerprint density at radius 2 is 2.17 bits per heavy atom. The van der Waals surface area contributed by atoms with Gasteiger partial charge >= 0.3 is 0 Å². The molecule has 18 heavy (non-hydrogen) atoms. The second-order valence-electron chi connectivity index (χ2n) is 3.99. The lowest BCUT2D eigenvalue weighted by molar-refractivity contribution is -0.128. The van der Waals surface area contributed by atoms with E-state index < -0.39 is 0 Å². The molecule has 1 aliphatic heterocycles. The molecule has 1 unspecified atom stereocenters. The molecule has 0 radical (unpaired) electrons. The first-order valence-corrected chi connectivity index (χ1v) is 6.85. The molecule has 1 aromatic carbocycles. The van der Waals surface area contributed by atoms with Crippen LogP contribution in [0, 0.1) is 0 Å².